The topological polar surface area (TPSA) is 61.7 Å². The van der Waals surface area contributed by atoms with Crippen molar-refractivity contribution >= 4 is 12.1 Å². The maximum absolute atomic E-state index is 13.1. The molecule has 2 N–H and O–H groups in total. The van der Waals surface area contributed by atoms with Gasteiger partial charge in [0.15, 0.2) is 11.6 Å². The van der Waals surface area contributed by atoms with Gasteiger partial charge < -0.3 is 5.11 Å². The van der Waals surface area contributed by atoms with E-state index in [9.17, 15) is 13.6 Å². The van der Waals surface area contributed by atoms with Gasteiger partial charge in [-0.3, -0.25) is 4.79 Å². The molecule has 0 atom stereocenters. The molecule has 108 valence electrons. The second-order valence-corrected chi connectivity index (χ2v) is 4.31. The summed E-state index contributed by atoms with van der Waals surface area (Å²) < 4.78 is 26.0. The molecule has 0 fully saturated rings. The van der Waals surface area contributed by atoms with Crippen LogP contribution in [0.25, 0.3) is 0 Å². The zero-order valence-corrected chi connectivity index (χ0v) is 10.9. The van der Waals surface area contributed by atoms with Gasteiger partial charge in [-0.1, -0.05) is 12.1 Å². The van der Waals surface area contributed by atoms with Crippen LogP contribution < -0.4 is 5.43 Å². The minimum atomic E-state index is -0.773. The molecule has 6 heteroatoms. The fourth-order valence-electron chi connectivity index (χ4n) is 1.65. The van der Waals surface area contributed by atoms with Crippen molar-refractivity contribution in [2.75, 3.05) is 0 Å². The van der Waals surface area contributed by atoms with Crippen LogP contribution >= 0.6 is 0 Å². The van der Waals surface area contributed by atoms with Crippen LogP contribution in [-0.4, -0.2) is 17.2 Å². The summed E-state index contributed by atoms with van der Waals surface area (Å²) in [6, 6.07) is 9.41. The van der Waals surface area contributed by atoms with Gasteiger partial charge in [-0.15, -0.1) is 0 Å². The molecule has 0 unspecified atom stereocenters. The first-order chi connectivity index (χ1) is 10.0. The third kappa shape index (κ3) is 4.38. The summed E-state index contributed by atoms with van der Waals surface area (Å²) in [5, 5.41) is 12.7. The van der Waals surface area contributed by atoms with E-state index in [0.29, 0.717) is 11.1 Å². The molecule has 21 heavy (non-hydrogen) atoms. The SMILES string of the molecule is O=C(Cc1cccc(F)c1)N/N=C/c1ccc(O)c(F)c1. The fourth-order valence-corrected chi connectivity index (χ4v) is 1.65. The van der Waals surface area contributed by atoms with E-state index >= 15 is 0 Å². The van der Waals surface area contributed by atoms with Gasteiger partial charge in [-0.25, -0.2) is 14.2 Å². The smallest absolute Gasteiger partial charge is 0.244 e. The van der Waals surface area contributed by atoms with Gasteiger partial charge in [0, 0.05) is 0 Å². The Bertz CT molecular complexity index is 687. The summed E-state index contributed by atoms with van der Waals surface area (Å²) >= 11 is 0. The van der Waals surface area contributed by atoms with Crippen LogP contribution in [0.15, 0.2) is 47.6 Å². The minimum absolute atomic E-state index is 0.0148. The number of hydrogen-bond acceptors (Lipinski definition) is 3. The lowest BCUT2D eigenvalue weighted by atomic mass is 10.1. The standard InChI is InChI=1S/C15H12F2N2O2/c16-12-3-1-2-10(6-12)8-15(21)19-18-9-11-4-5-14(20)13(17)7-11/h1-7,9,20H,8H2,(H,19,21)/b18-9+. The largest absolute Gasteiger partial charge is 0.505 e. The van der Waals surface area contributed by atoms with Gasteiger partial charge in [0.2, 0.25) is 5.91 Å². The second kappa shape index (κ2) is 6.60. The van der Waals surface area contributed by atoms with E-state index in [1.165, 1.54) is 36.5 Å². The lowest BCUT2D eigenvalue weighted by molar-refractivity contribution is -0.120. The van der Waals surface area contributed by atoms with Crippen molar-refractivity contribution in [3.63, 3.8) is 0 Å². The van der Waals surface area contributed by atoms with Crippen molar-refractivity contribution in [2.45, 2.75) is 6.42 Å². The number of benzene rings is 2. The van der Waals surface area contributed by atoms with Crippen LogP contribution in [0.4, 0.5) is 8.78 Å². The molecule has 0 heterocycles. The second-order valence-electron chi connectivity index (χ2n) is 4.31. The minimum Gasteiger partial charge on any atom is -0.505 e. The zero-order valence-electron chi connectivity index (χ0n) is 10.9. The summed E-state index contributed by atoms with van der Waals surface area (Å²) in [4.78, 5) is 11.6. The fraction of sp³-hybridized carbons (Fsp3) is 0.0667. The van der Waals surface area contributed by atoms with Crippen LogP contribution in [0.3, 0.4) is 0 Å². The van der Waals surface area contributed by atoms with E-state index in [0.717, 1.165) is 6.07 Å². The van der Waals surface area contributed by atoms with Crippen molar-refractivity contribution in [3.8, 4) is 5.75 Å². The molecule has 0 aliphatic heterocycles. The summed E-state index contributed by atoms with van der Waals surface area (Å²) in [5.74, 6) is -2.06. The van der Waals surface area contributed by atoms with E-state index in [2.05, 4.69) is 10.5 Å². The van der Waals surface area contributed by atoms with Crippen LogP contribution in [-0.2, 0) is 11.2 Å². The van der Waals surface area contributed by atoms with E-state index < -0.39 is 23.3 Å². The number of rotatable bonds is 4. The highest BCUT2D eigenvalue weighted by Gasteiger charge is 2.03. The van der Waals surface area contributed by atoms with Gasteiger partial charge in [0.05, 0.1) is 12.6 Å². The highest BCUT2D eigenvalue weighted by Crippen LogP contribution is 2.14. The van der Waals surface area contributed by atoms with Crippen molar-refractivity contribution in [1.82, 2.24) is 5.43 Å². The Morgan fingerprint density at radius 1 is 1.24 bits per heavy atom. The Balaban J connectivity index is 1.91. The summed E-state index contributed by atoms with van der Waals surface area (Å²) in [7, 11) is 0. The van der Waals surface area contributed by atoms with Crippen LogP contribution in [0.5, 0.6) is 5.75 Å². The first-order valence-electron chi connectivity index (χ1n) is 6.09. The molecule has 0 saturated carbocycles. The molecule has 0 aromatic heterocycles. The van der Waals surface area contributed by atoms with Crippen molar-refractivity contribution in [1.29, 1.82) is 0 Å². The number of carbonyl (C=O) groups excluding carboxylic acids is 1. The Hall–Kier alpha value is -2.76. The number of hydrazone groups is 1. The molecule has 0 aliphatic carbocycles. The van der Waals surface area contributed by atoms with Gasteiger partial charge in [0.25, 0.3) is 0 Å². The predicted octanol–water partition coefficient (Wildman–Crippen LogP) is 2.36. The average Bonchev–Trinajstić information content (AvgIpc) is 2.43. The number of hydrogen-bond donors (Lipinski definition) is 2. The first-order valence-corrected chi connectivity index (χ1v) is 6.09. The Labute approximate surface area is 119 Å². The molecule has 2 aromatic rings. The van der Waals surface area contributed by atoms with Crippen LogP contribution in [0.1, 0.15) is 11.1 Å². The number of amides is 1. The molecule has 0 bridgehead atoms. The summed E-state index contributed by atoms with van der Waals surface area (Å²) in [6.07, 6.45) is 1.23. The molecule has 0 saturated heterocycles. The summed E-state index contributed by atoms with van der Waals surface area (Å²) in [5.41, 5.74) is 3.17. The number of nitrogens with one attached hydrogen (secondary N) is 1. The van der Waals surface area contributed by atoms with Gasteiger partial charge in [-0.2, -0.15) is 5.10 Å². The first kappa shape index (κ1) is 14.6. The van der Waals surface area contributed by atoms with Crippen molar-refractivity contribution in [2.24, 2.45) is 5.10 Å². The Kier molecular flexibility index (Phi) is 4.61. The normalized spacial score (nSPS) is 10.8. The van der Waals surface area contributed by atoms with Crippen molar-refractivity contribution < 1.29 is 18.7 Å². The molecule has 2 rings (SSSR count). The van der Waals surface area contributed by atoms with Crippen LogP contribution in [0, 0.1) is 11.6 Å². The van der Waals surface area contributed by atoms with E-state index in [-0.39, 0.29) is 6.42 Å². The van der Waals surface area contributed by atoms with Crippen LogP contribution in [0.2, 0.25) is 0 Å². The quantitative estimate of drug-likeness (QED) is 0.671. The molecule has 2 aromatic carbocycles. The lowest BCUT2D eigenvalue weighted by Crippen LogP contribution is -2.19. The Morgan fingerprint density at radius 2 is 2.05 bits per heavy atom. The van der Waals surface area contributed by atoms with Gasteiger partial charge in [-0.05, 0) is 41.5 Å². The van der Waals surface area contributed by atoms with Crippen molar-refractivity contribution in [3.05, 3.63) is 65.2 Å². The van der Waals surface area contributed by atoms with Gasteiger partial charge in [0.1, 0.15) is 5.82 Å². The molecule has 1 amide bonds. The molecule has 0 spiro atoms. The highest BCUT2D eigenvalue weighted by molar-refractivity contribution is 5.83. The number of halogens is 2. The molecular formula is C15H12F2N2O2. The van der Waals surface area contributed by atoms with Gasteiger partial charge >= 0.3 is 0 Å². The van der Waals surface area contributed by atoms with E-state index in [4.69, 9.17) is 5.11 Å². The maximum atomic E-state index is 13.1. The third-order valence-electron chi connectivity index (χ3n) is 2.63. The Morgan fingerprint density at radius 3 is 2.76 bits per heavy atom. The molecule has 0 aliphatic rings. The predicted molar refractivity (Wildman–Crippen MR) is 73.9 cm³/mol. The molecule has 0 radical (unpaired) electrons. The number of phenols is 1. The zero-order chi connectivity index (χ0) is 15.2. The molecule has 4 nitrogen and oxygen atoms in total. The van der Waals surface area contributed by atoms with E-state index in [1.807, 2.05) is 0 Å². The molecular weight excluding hydrogens is 278 g/mol. The maximum Gasteiger partial charge on any atom is 0.244 e. The highest BCUT2D eigenvalue weighted by atomic mass is 19.1. The number of nitrogens with zero attached hydrogens (tertiary/aromatic N) is 1. The monoisotopic (exact) mass is 290 g/mol. The number of carbonyl (C=O) groups is 1. The average molecular weight is 290 g/mol. The van der Waals surface area contributed by atoms with E-state index in [1.54, 1.807) is 6.07 Å². The number of aromatic hydroxyl groups is 1. The lowest BCUT2D eigenvalue weighted by Gasteiger charge is -2.01. The summed E-state index contributed by atoms with van der Waals surface area (Å²) in [6.45, 7) is 0. The number of phenolic OH excluding ortho intramolecular Hbond substituents is 1. The third-order valence-corrected chi connectivity index (χ3v) is 2.63.